The number of methoxy groups -OCH3 is 2. The highest BCUT2D eigenvalue weighted by Gasteiger charge is 2.12. The van der Waals surface area contributed by atoms with Gasteiger partial charge in [-0.15, -0.1) is 11.6 Å². The van der Waals surface area contributed by atoms with Crippen molar-refractivity contribution in [3.63, 3.8) is 0 Å². The number of rotatable bonds is 4. The highest BCUT2D eigenvalue weighted by Crippen LogP contribution is 2.30. The van der Waals surface area contributed by atoms with Crippen molar-refractivity contribution in [1.82, 2.24) is 5.32 Å². The molecule has 0 aliphatic carbocycles. The Morgan fingerprint density at radius 1 is 1.29 bits per heavy atom. The van der Waals surface area contributed by atoms with Crippen molar-refractivity contribution in [2.75, 3.05) is 21.3 Å². The van der Waals surface area contributed by atoms with E-state index in [1.807, 2.05) is 18.2 Å². The molecule has 4 heteroatoms. The van der Waals surface area contributed by atoms with E-state index in [1.54, 1.807) is 21.3 Å². The van der Waals surface area contributed by atoms with Crippen molar-refractivity contribution >= 4 is 11.6 Å². The average Bonchev–Trinajstić information content (AvgIpc) is 2.27. The van der Waals surface area contributed by atoms with E-state index >= 15 is 0 Å². The zero-order valence-corrected chi connectivity index (χ0v) is 9.26. The van der Waals surface area contributed by atoms with Crippen molar-refractivity contribution < 1.29 is 9.47 Å². The maximum atomic E-state index is 6.06. The van der Waals surface area contributed by atoms with Crippen LogP contribution in [0.3, 0.4) is 0 Å². The van der Waals surface area contributed by atoms with Crippen LogP contribution in [0.1, 0.15) is 11.1 Å². The van der Waals surface area contributed by atoms with Gasteiger partial charge in [0, 0.05) is 5.56 Å². The van der Waals surface area contributed by atoms with Crippen molar-refractivity contribution in [1.29, 1.82) is 0 Å². The van der Waals surface area contributed by atoms with Crippen LogP contribution in [0.25, 0.3) is 0 Å². The van der Waals surface area contributed by atoms with E-state index in [9.17, 15) is 0 Å². The van der Waals surface area contributed by atoms with Crippen molar-refractivity contribution in [2.45, 2.75) is 5.50 Å². The minimum absolute atomic E-state index is 0.278. The first-order chi connectivity index (χ1) is 6.72. The summed E-state index contributed by atoms with van der Waals surface area (Å²) in [4.78, 5) is 0. The Kier molecular flexibility index (Phi) is 4.04. The zero-order chi connectivity index (χ0) is 10.6. The van der Waals surface area contributed by atoms with Gasteiger partial charge >= 0.3 is 0 Å². The van der Waals surface area contributed by atoms with E-state index in [1.165, 1.54) is 0 Å². The molecule has 1 aromatic rings. The standard InChI is InChI=1S/C10H14ClNO2/c1-12-10(11)8-6-7(13-2)4-5-9(8)14-3/h4-6,10,12H,1-3H3. The van der Waals surface area contributed by atoms with E-state index in [4.69, 9.17) is 21.1 Å². The molecule has 0 bridgehead atoms. The zero-order valence-electron chi connectivity index (χ0n) is 8.50. The van der Waals surface area contributed by atoms with Gasteiger partial charge in [-0.2, -0.15) is 0 Å². The van der Waals surface area contributed by atoms with Gasteiger partial charge in [-0.3, -0.25) is 0 Å². The summed E-state index contributed by atoms with van der Waals surface area (Å²) in [6.07, 6.45) is 0. The molecule has 1 unspecified atom stereocenters. The fourth-order valence-corrected chi connectivity index (χ4v) is 1.36. The second-order valence-electron chi connectivity index (χ2n) is 2.76. The molecule has 14 heavy (non-hydrogen) atoms. The third kappa shape index (κ3) is 2.30. The molecule has 0 aromatic heterocycles. The van der Waals surface area contributed by atoms with Crippen LogP contribution < -0.4 is 14.8 Å². The predicted molar refractivity (Wildman–Crippen MR) is 57.2 cm³/mol. The highest BCUT2D eigenvalue weighted by molar-refractivity contribution is 6.20. The SMILES string of the molecule is CNC(Cl)c1cc(OC)ccc1OC. The summed E-state index contributed by atoms with van der Waals surface area (Å²) in [7, 11) is 5.02. The normalized spacial score (nSPS) is 12.3. The summed E-state index contributed by atoms with van der Waals surface area (Å²) >= 11 is 6.06. The molecule has 0 heterocycles. The van der Waals surface area contributed by atoms with Gasteiger partial charge < -0.3 is 14.8 Å². The average molecular weight is 216 g/mol. The molecule has 0 fully saturated rings. The number of halogens is 1. The van der Waals surface area contributed by atoms with Crippen LogP contribution in [-0.4, -0.2) is 21.3 Å². The smallest absolute Gasteiger partial charge is 0.125 e. The molecule has 0 aliphatic heterocycles. The molecule has 0 spiro atoms. The number of nitrogens with one attached hydrogen (secondary N) is 1. The summed E-state index contributed by atoms with van der Waals surface area (Å²) in [6.45, 7) is 0. The minimum Gasteiger partial charge on any atom is -0.497 e. The van der Waals surface area contributed by atoms with Gasteiger partial charge in [-0.1, -0.05) is 0 Å². The maximum Gasteiger partial charge on any atom is 0.125 e. The maximum absolute atomic E-state index is 6.06. The number of ether oxygens (including phenoxy) is 2. The molecule has 3 nitrogen and oxygen atoms in total. The second-order valence-corrected chi connectivity index (χ2v) is 3.20. The highest BCUT2D eigenvalue weighted by atomic mass is 35.5. The number of alkyl halides is 1. The van der Waals surface area contributed by atoms with Crippen LogP contribution in [0.15, 0.2) is 18.2 Å². The third-order valence-electron chi connectivity index (χ3n) is 1.96. The summed E-state index contributed by atoms with van der Waals surface area (Å²) in [5.41, 5.74) is 0.594. The van der Waals surface area contributed by atoms with Gasteiger partial charge in [0.2, 0.25) is 0 Å². The minimum atomic E-state index is -0.278. The van der Waals surface area contributed by atoms with Gasteiger partial charge in [0.1, 0.15) is 17.0 Å². The quantitative estimate of drug-likeness (QED) is 0.617. The summed E-state index contributed by atoms with van der Waals surface area (Å²) in [6, 6.07) is 5.52. The molecule has 0 saturated heterocycles. The molecule has 0 saturated carbocycles. The number of benzene rings is 1. The largest absolute Gasteiger partial charge is 0.497 e. The summed E-state index contributed by atoms with van der Waals surface area (Å²) < 4.78 is 10.3. The molecule has 1 N–H and O–H groups in total. The fraction of sp³-hybridized carbons (Fsp3) is 0.400. The Balaban J connectivity index is 3.08. The Hall–Kier alpha value is -0.930. The Morgan fingerprint density at radius 3 is 2.50 bits per heavy atom. The van der Waals surface area contributed by atoms with Gasteiger partial charge in [0.25, 0.3) is 0 Å². The topological polar surface area (TPSA) is 30.5 Å². The van der Waals surface area contributed by atoms with Gasteiger partial charge in [0.15, 0.2) is 0 Å². The first-order valence-corrected chi connectivity index (χ1v) is 4.69. The lowest BCUT2D eigenvalue weighted by Gasteiger charge is -2.14. The first kappa shape index (κ1) is 11.1. The summed E-state index contributed by atoms with van der Waals surface area (Å²) in [5.74, 6) is 1.52. The fourth-order valence-electron chi connectivity index (χ4n) is 1.19. The Labute approximate surface area is 89.0 Å². The molecule has 1 rings (SSSR count). The van der Waals surface area contributed by atoms with Gasteiger partial charge in [0.05, 0.1) is 14.2 Å². The Morgan fingerprint density at radius 2 is 2.00 bits per heavy atom. The van der Waals surface area contributed by atoms with E-state index in [2.05, 4.69) is 5.32 Å². The van der Waals surface area contributed by atoms with Crippen LogP contribution in [-0.2, 0) is 0 Å². The van der Waals surface area contributed by atoms with Gasteiger partial charge in [-0.25, -0.2) is 0 Å². The molecular weight excluding hydrogens is 202 g/mol. The van der Waals surface area contributed by atoms with Crippen LogP contribution in [0.5, 0.6) is 11.5 Å². The summed E-state index contributed by atoms with van der Waals surface area (Å²) in [5, 5.41) is 2.94. The number of hydrogen-bond donors (Lipinski definition) is 1. The van der Waals surface area contributed by atoms with Gasteiger partial charge in [-0.05, 0) is 25.2 Å². The van der Waals surface area contributed by atoms with Crippen LogP contribution in [0.4, 0.5) is 0 Å². The molecule has 0 aliphatic rings. The molecule has 0 amide bonds. The first-order valence-electron chi connectivity index (χ1n) is 4.26. The predicted octanol–water partition coefficient (Wildman–Crippen LogP) is 2.16. The monoisotopic (exact) mass is 215 g/mol. The lowest BCUT2D eigenvalue weighted by atomic mass is 10.2. The molecule has 0 radical (unpaired) electrons. The van der Waals surface area contributed by atoms with Crippen molar-refractivity contribution in [3.05, 3.63) is 23.8 Å². The van der Waals surface area contributed by atoms with Crippen molar-refractivity contribution in [2.24, 2.45) is 0 Å². The molecule has 78 valence electrons. The van der Waals surface area contributed by atoms with E-state index in [0.29, 0.717) is 0 Å². The lowest BCUT2D eigenvalue weighted by molar-refractivity contribution is 0.397. The van der Waals surface area contributed by atoms with Crippen LogP contribution in [0.2, 0.25) is 0 Å². The van der Waals surface area contributed by atoms with Crippen molar-refractivity contribution in [3.8, 4) is 11.5 Å². The van der Waals surface area contributed by atoms with Crippen LogP contribution >= 0.6 is 11.6 Å². The molecular formula is C10H14ClNO2. The lowest BCUT2D eigenvalue weighted by Crippen LogP contribution is -2.11. The van der Waals surface area contributed by atoms with E-state index < -0.39 is 0 Å². The number of hydrogen-bond acceptors (Lipinski definition) is 3. The molecule has 1 atom stereocenters. The van der Waals surface area contributed by atoms with E-state index in [-0.39, 0.29) is 5.50 Å². The third-order valence-corrected chi connectivity index (χ3v) is 2.42. The second kappa shape index (κ2) is 5.08. The Bertz CT molecular complexity index is 304. The van der Waals surface area contributed by atoms with Crippen LogP contribution in [0, 0.1) is 0 Å². The molecule has 1 aromatic carbocycles. The van der Waals surface area contributed by atoms with E-state index in [0.717, 1.165) is 17.1 Å².